The van der Waals surface area contributed by atoms with E-state index in [0.29, 0.717) is 23.9 Å². The van der Waals surface area contributed by atoms with E-state index in [9.17, 15) is 9.59 Å². The van der Waals surface area contributed by atoms with E-state index in [1.54, 1.807) is 37.8 Å². The molecule has 23 heavy (non-hydrogen) atoms. The Kier molecular flexibility index (Phi) is 4.68. The summed E-state index contributed by atoms with van der Waals surface area (Å²) in [5, 5.41) is 0. The van der Waals surface area contributed by atoms with Gasteiger partial charge in [0.25, 0.3) is 0 Å². The average Bonchev–Trinajstić information content (AvgIpc) is 2.56. The molecule has 0 saturated heterocycles. The van der Waals surface area contributed by atoms with Crippen LogP contribution >= 0.6 is 0 Å². The summed E-state index contributed by atoms with van der Waals surface area (Å²) in [6.07, 6.45) is 0.880. The lowest BCUT2D eigenvalue weighted by atomic mass is 9.90. The number of rotatable bonds is 4. The lowest BCUT2D eigenvalue weighted by Crippen LogP contribution is -2.47. The lowest BCUT2D eigenvalue weighted by molar-refractivity contribution is -0.137. The minimum atomic E-state index is -1.09. The quantitative estimate of drug-likeness (QED) is 0.802. The van der Waals surface area contributed by atoms with Crippen molar-refractivity contribution < 1.29 is 14.3 Å². The second-order valence-corrected chi connectivity index (χ2v) is 6.98. The number of fused-ring (bicyclic) bond motifs is 1. The monoisotopic (exact) mass is 318 g/mol. The Morgan fingerprint density at radius 1 is 1.13 bits per heavy atom. The number of carbonyl (C=O) groups excluding carboxylic acids is 2. The molecule has 0 aromatic heterocycles. The first-order chi connectivity index (χ1) is 10.7. The largest absolute Gasteiger partial charge is 0.497 e. The van der Waals surface area contributed by atoms with Crippen LogP contribution in [0.5, 0.6) is 5.75 Å². The number of hydrogen-bond donors (Lipinski definition) is 0. The fourth-order valence-corrected chi connectivity index (χ4v) is 2.80. The number of methoxy groups -OCH3 is 1. The lowest BCUT2D eigenvalue weighted by Gasteiger charge is -2.28. The molecule has 0 radical (unpaired) electrons. The molecule has 0 N–H and O–H groups in total. The summed E-state index contributed by atoms with van der Waals surface area (Å²) in [5.41, 5.74) is 0.382. The summed E-state index contributed by atoms with van der Waals surface area (Å²) < 4.78 is 5.28. The Labute approximate surface area is 138 Å². The predicted octanol–water partition coefficient (Wildman–Crippen LogP) is 3.08. The van der Waals surface area contributed by atoms with Crippen LogP contribution in [0.2, 0.25) is 0 Å². The zero-order valence-electron chi connectivity index (χ0n) is 14.8. The first-order valence-corrected chi connectivity index (χ1v) is 7.98. The number of ether oxygens (including phenoxy) is 1. The van der Waals surface area contributed by atoms with Crippen LogP contribution in [0.15, 0.2) is 18.2 Å². The van der Waals surface area contributed by atoms with E-state index < -0.39 is 5.41 Å². The van der Waals surface area contributed by atoms with Crippen LogP contribution in [0.25, 0.3) is 0 Å². The molecule has 1 aromatic rings. The molecule has 126 valence electrons. The van der Waals surface area contributed by atoms with Crippen LogP contribution in [0.3, 0.4) is 0 Å². The Hall–Kier alpha value is -2.04. The van der Waals surface area contributed by atoms with E-state index >= 15 is 0 Å². The summed E-state index contributed by atoms with van der Waals surface area (Å²) in [6, 6.07) is 5.49. The zero-order valence-corrected chi connectivity index (χ0v) is 14.8. The number of amides is 2. The molecule has 1 heterocycles. The van der Waals surface area contributed by atoms with Gasteiger partial charge in [-0.3, -0.25) is 9.59 Å². The number of nitrogens with zero attached hydrogens (tertiary/aromatic N) is 2. The van der Waals surface area contributed by atoms with Gasteiger partial charge in [0.2, 0.25) is 11.8 Å². The van der Waals surface area contributed by atoms with Crippen molar-refractivity contribution >= 4 is 23.2 Å². The van der Waals surface area contributed by atoms with Crippen LogP contribution in [0, 0.1) is 11.3 Å². The highest BCUT2D eigenvalue weighted by Crippen LogP contribution is 2.40. The second-order valence-electron chi connectivity index (χ2n) is 6.98. The molecular formula is C18H26N2O3. The third-order valence-corrected chi connectivity index (χ3v) is 4.38. The summed E-state index contributed by atoms with van der Waals surface area (Å²) >= 11 is 0. The molecule has 0 unspecified atom stereocenters. The van der Waals surface area contributed by atoms with Crippen LogP contribution in [0.1, 0.15) is 34.1 Å². The highest BCUT2D eigenvalue weighted by atomic mass is 16.5. The minimum absolute atomic E-state index is 0.154. The van der Waals surface area contributed by atoms with Crippen LogP contribution in [0.4, 0.5) is 11.4 Å². The van der Waals surface area contributed by atoms with Gasteiger partial charge in [-0.25, -0.2) is 0 Å². The molecule has 0 aliphatic carbocycles. The number of anilines is 2. The normalized spacial score (nSPS) is 17.3. The maximum absolute atomic E-state index is 13.0. The molecule has 1 aliphatic rings. The molecule has 5 heteroatoms. The van der Waals surface area contributed by atoms with Crippen LogP contribution < -0.4 is 14.5 Å². The molecule has 2 rings (SSSR count). The van der Waals surface area contributed by atoms with E-state index in [-0.39, 0.29) is 11.8 Å². The van der Waals surface area contributed by atoms with Gasteiger partial charge < -0.3 is 14.5 Å². The summed E-state index contributed by atoms with van der Waals surface area (Å²) in [5.74, 6) is 0.784. The third kappa shape index (κ3) is 3.05. The minimum Gasteiger partial charge on any atom is -0.497 e. The SMILES string of the molecule is COc1ccc2c(c1)N(C)C(=O)C(C)(C)C(=O)N2CCC(C)C. The fourth-order valence-electron chi connectivity index (χ4n) is 2.80. The number of benzene rings is 1. The smallest absolute Gasteiger partial charge is 0.242 e. The van der Waals surface area contributed by atoms with E-state index in [1.807, 2.05) is 18.2 Å². The molecule has 1 aromatic carbocycles. The second kappa shape index (κ2) is 6.22. The predicted molar refractivity (Wildman–Crippen MR) is 92.0 cm³/mol. The van der Waals surface area contributed by atoms with Crippen molar-refractivity contribution in [2.45, 2.75) is 34.1 Å². The summed E-state index contributed by atoms with van der Waals surface area (Å²) in [4.78, 5) is 29.1. The molecule has 2 amide bonds. The van der Waals surface area contributed by atoms with Gasteiger partial charge in [0.15, 0.2) is 0 Å². The molecule has 0 spiro atoms. The molecule has 0 bridgehead atoms. The molecule has 0 saturated carbocycles. The van der Waals surface area contributed by atoms with Crippen molar-refractivity contribution in [1.82, 2.24) is 0 Å². The van der Waals surface area contributed by atoms with Gasteiger partial charge in [-0.1, -0.05) is 13.8 Å². The van der Waals surface area contributed by atoms with Crippen molar-refractivity contribution in [2.24, 2.45) is 11.3 Å². The first kappa shape index (κ1) is 17.3. The van der Waals surface area contributed by atoms with E-state index in [0.717, 1.165) is 12.1 Å². The van der Waals surface area contributed by atoms with Gasteiger partial charge >= 0.3 is 0 Å². The van der Waals surface area contributed by atoms with Gasteiger partial charge in [-0.15, -0.1) is 0 Å². The number of hydrogen-bond acceptors (Lipinski definition) is 3. The van der Waals surface area contributed by atoms with Gasteiger partial charge in [0.1, 0.15) is 11.2 Å². The highest BCUT2D eigenvalue weighted by molar-refractivity contribution is 6.20. The van der Waals surface area contributed by atoms with Crippen molar-refractivity contribution in [3.63, 3.8) is 0 Å². The maximum Gasteiger partial charge on any atom is 0.242 e. The van der Waals surface area contributed by atoms with E-state index in [1.165, 1.54) is 0 Å². The molecular weight excluding hydrogens is 292 g/mol. The van der Waals surface area contributed by atoms with Gasteiger partial charge in [0.05, 0.1) is 18.5 Å². The van der Waals surface area contributed by atoms with Crippen molar-refractivity contribution in [2.75, 3.05) is 30.5 Å². The maximum atomic E-state index is 13.0. The summed E-state index contributed by atoms with van der Waals surface area (Å²) in [7, 11) is 3.30. The Bertz CT molecular complexity index is 623. The fraction of sp³-hybridized carbons (Fsp3) is 0.556. The van der Waals surface area contributed by atoms with Crippen LogP contribution in [-0.2, 0) is 9.59 Å². The first-order valence-electron chi connectivity index (χ1n) is 7.98. The Morgan fingerprint density at radius 2 is 1.78 bits per heavy atom. The summed E-state index contributed by atoms with van der Waals surface area (Å²) in [6.45, 7) is 8.24. The Balaban J connectivity index is 2.58. The van der Waals surface area contributed by atoms with Crippen molar-refractivity contribution in [3.8, 4) is 5.75 Å². The van der Waals surface area contributed by atoms with Gasteiger partial charge in [0, 0.05) is 19.7 Å². The number of carbonyl (C=O) groups is 2. The standard InChI is InChI=1S/C18H26N2O3/c1-12(2)9-10-20-14-8-7-13(23-6)11-15(14)19(5)16(21)18(3,4)17(20)22/h7-8,11-12H,9-10H2,1-6H3. The topological polar surface area (TPSA) is 49.9 Å². The van der Waals surface area contributed by atoms with Crippen LogP contribution in [-0.4, -0.2) is 32.5 Å². The Morgan fingerprint density at radius 3 is 2.35 bits per heavy atom. The highest BCUT2D eigenvalue weighted by Gasteiger charge is 2.45. The van der Waals surface area contributed by atoms with Crippen molar-refractivity contribution in [1.29, 1.82) is 0 Å². The zero-order chi connectivity index (χ0) is 17.4. The molecule has 0 fully saturated rings. The molecule has 0 atom stereocenters. The molecule has 5 nitrogen and oxygen atoms in total. The molecule has 1 aliphatic heterocycles. The van der Waals surface area contributed by atoms with E-state index in [2.05, 4.69) is 13.8 Å². The average molecular weight is 318 g/mol. The third-order valence-electron chi connectivity index (χ3n) is 4.38. The van der Waals surface area contributed by atoms with Gasteiger partial charge in [-0.05, 0) is 38.3 Å². The van der Waals surface area contributed by atoms with Crippen molar-refractivity contribution in [3.05, 3.63) is 18.2 Å². The van der Waals surface area contributed by atoms with E-state index in [4.69, 9.17) is 4.74 Å². The van der Waals surface area contributed by atoms with Gasteiger partial charge in [-0.2, -0.15) is 0 Å².